The molecule has 0 aliphatic carbocycles. The number of rotatable bonds is 3. The molecule has 0 aliphatic rings. The number of aromatic nitrogens is 1. The van der Waals surface area contributed by atoms with Crippen molar-refractivity contribution in [2.45, 2.75) is 37.0 Å². The van der Waals surface area contributed by atoms with Gasteiger partial charge < -0.3 is 0 Å². The Balaban J connectivity index is 2.21. The summed E-state index contributed by atoms with van der Waals surface area (Å²) >= 11 is -1.84. The van der Waals surface area contributed by atoms with Crippen molar-refractivity contribution in [3.63, 3.8) is 0 Å². The molecule has 3 rings (SSSR count). The zero-order chi connectivity index (χ0) is 16.6. The second-order valence-corrected chi connectivity index (χ2v) is 18.3. The molecule has 118 valence electrons. The molecule has 2 aromatic carbocycles. The van der Waals surface area contributed by atoms with Crippen LogP contribution in [0.3, 0.4) is 0 Å². The van der Waals surface area contributed by atoms with E-state index in [0.717, 1.165) is 5.69 Å². The molecule has 0 fully saturated rings. The van der Waals surface area contributed by atoms with Gasteiger partial charge in [0.05, 0.1) is 0 Å². The van der Waals surface area contributed by atoms with E-state index in [0.29, 0.717) is 5.92 Å². The van der Waals surface area contributed by atoms with Crippen LogP contribution in [0.25, 0.3) is 22.0 Å². The molecule has 0 spiro atoms. The Morgan fingerprint density at radius 1 is 0.913 bits per heavy atom. The van der Waals surface area contributed by atoms with Crippen LogP contribution in [0.2, 0.25) is 17.3 Å². The van der Waals surface area contributed by atoms with Gasteiger partial charge in [0.25, 0.3) is 0 Å². The Morgan fingerprint density at radius 3 is 2.35 bits per heavy atom. The summed E-state index contributed by atoms with van der Waals surface area (Å²) in [6.45, 7) is 4.53. The van der Waals surface area contributed by atoms with E-state index in [-0.39, 0.29) is 0 Å². The Bertz CT molecular complexity index is 844. The van der Waals surface area contributed by atoms with Crippen LogP contribution >= 0.6 is 0 Å². The molecule has 0 bridgehead atoms. The van der Waals surface area contributed by atoms with Gasteiger partial charge in [-0.05, 0) is 0 Å². The normalized spacial score (nSPS) is 12.1. The van der Waals surface area contributed by atoms with Crippen molar-refractivity contribution in [3.05, 3.63) is 60.3 Å². The number of fused-ring (bicyclic) bond motifs is 1. The van der Waals surface area contributed by atoms with Gasteiger partial charge in [-0.1, -0.05) is 0 Å². The van der Waals surface area contributed by atoms with Crippen LogP contribution in [0.15, 0.2) is 54.7 Å². The number of nitrogens with zero attached hydrogens (tertiary/aromatic N) is 1. The second-order valence-electron chi connectivity index (χ2n) is 7.62. The number of hydrogen-bond acceptors (Lipinski definition) is 1. The van der Waals surface area contributed by atoms with Crippen molar-refractivity contribution < 1.29 is 0 Å². The van der Waals surface area contributed by atoms with Gasteiger partial charge in [0, 0.05) is 0 Å². The standard InChI is InChI=1S/C21H25GeN/c1-15(2)20-13-17(12-16-8-6-7-9-19(16)20)21-14-18(10-11-23-21)22(3,4)5/h6-15H,1-5H3. The van der Waals surface area contributed by atoms with Gasteiger partial charge in [-0.2, -0.15) is 0 Å². The first-order valence-corrected chi connectivity index (χ1v) is 15.7. The van der Waals surface area contributed by atoms with Gasteiger partial charge in [0.15, 0.2) is 0 Å². The predicted molar refractivity (Wildman–Crippen MR) is 104 cm³/mol. The minimum absolute atomic E-state index is 0.503. The molecule has 0 unspecified atom stereocenters. The van der Waals surface area contributed by atoms with E-state index in [1.807, 2.05) is 6.20 Å². The Morgan fingerprint density at radius 2 is 1.65 bits per heavy atom. The molecule has 3 aromatic rings. The zero-order valence-electron chi connectivity index (χ0n) is 14.7. The van der Waals surface area contributed by atoms with Crippen LogP contribution in [-0.4, -0.2) is 18.3 Å². The number of hydrogen-bond donors (Lipinski definition) is 0. The molecule has 2 heteroatoms. The molecule has 1 heterocycles. The first-order valence-electron chi connectivity index (χ1n) is 8.36. The summed E-state index contributed by atoms with van der Waals surface area (Å²) in [6.07, 6.45) is 1.98. The molecule has 0 saturated heterocycles. The Kier molecular flexibility index (Phi) is 4.33. The predicted octanol–water partition coefficient (Wildman–Crippen LogP) is 5.57. The number of pyridine rings is 1. The third-order valence-corrected chi connectivity index (χ3v) is 8.72. The van der Waals surface area contributed by atoms with E-state index in [2.05, 4.69) is 84.6 Å². The minimum atomic E-state index is -1.84. The molecule has 1 nitrogen and oxygen atoms in total. The summed E-state index contributed by atoms with van der Waals surface area (Å²) in [7, 11) is 0. The summed E-state index contributed by atoms with van der Waals surface area (Å²) in [4.78, 5) is 4.66. The topological polar surface area (TPSA) is 12.9 Å². The average Bonchev–Trinajstić information content (AvgIpc) is 2.53. The van der Waals surface area contributed by atoms with Crippen LogP contribution in [0, 0.1) is 0 Å². The molecule has 1 aromatic heterocycles. The van der Waals surface area contributed by atoms with E-state index in [1.54, 1.807) is 0 Å². The average molecular weight is 364 g/mol. The third kappa shape index (κ3) is 3.35. The molecule has 0 amide bonds. The fraction of sp³-hybridized carbons (Fsp3) is 0.286. The first kappa shape index (κ1) is 16.3. The maximum absolute atomic E-state index is 4.66. The number of benzene rings is 2. The van der Waals surface area contributed by atoms with E-state index in [4.69, 9.17) is 0 Å². The van der Waals surface area contributed by atoms with Crippen molar-refractivity contribution in [1.82, 2.24) is 4.98 Å². The van der Waals surface area contributed by atoms with Gasteiger partial charge in [0.2, 0.25) is 0 Å². The fourth-order valence-corrected chi connectivity index (χ4v) is 5.42. The van der Waals surface area contributed by atoms with Gasteiger partial charge in [-0.25, -0.2) is 0 Å². The molecule has 0 saturated carbocycles. The Labute approximate surface area is 142 Å². The van der Waals surface area contributed by atoms with Gasteiger partial charge in [-0.3, -0.25) is 0 Å². The molecular weight excluding hydrogens is 339 g/mol. The SMILES string of the molecule is CC(C)c1cc(-c2c[c]([Ge]([CH3])([CH3])[CH3])ccn2)cc2ccccc12. The maximum atomic E-state index is 4.66. The van der Waals surface area contributed by atoms with E-state index < -0.39 is 13.3 Å². The van der Waals surface area contributed by atoms with Crippen LogP contribution in [0.4, 0.5) is 0 Å². The Hall–Kier alpha value is -1.61. The summed E-state index contributed by atoms with van der Waals surface area (Å²) in [5.41, 5.74) is 3.75. The molecule has 23 heavy (non-hydrogen) atoms. The molecule has 0 atom stereocenters. The van der Waals surface area contributed by atoms with Crippen molar-refractivity contribution in [2.24, 2.45) is 0 Å². The van der Waals surface area contributed by atoms with Crippen molar-refractivity contribution in [2.75, 3.05) is 0 Å². The molecule has 0 aliphatic heterocycles. The summed E-state index contributed by atoms with van der Waals surface area (Å²) < 4.78 is 1.51. The van der Waals surface area contributed by atoms with Gasteiger partial charge in [0.1, 0.15) is 0 Å². The fourth-order valence-electron chi connectivity index (χ4n) is 3.02. The van der Waals surface area contributed by atoms with Crippen molar-refractivity contribution in [1.29, 1.82) is 0 Å². The molecule has 0 N–H and O–H groups in total. The van der Waals surface area contributed by atoms with Crippen LogP contribution in [0.1, 0.15) is 25.3 Å². The monoisotopic (exact) mass is 365 g/mol. The van der Waals surface area contributed by atoms with Crippen molar-refractivity contribution >= 4 is 28.4 Å². The van der Waals surface area contributed by atoms with E-state index in [9.17, 15) is 0 Å². The molecular formula is C21H25GeN. The summed E-state index contributed by atoms with van der Waals surface area (Å²) in [6, 6.07) is 17.8. The zero-order valence-corrected chi connectivity index (χ0v) is 16.8. The van der Waals surface area contributed by atoms with E-state index >= 15 is 0 Å². The summed E-state index contributed by atoms with van der Waals surface area (Å²) in [5.74, 6) is 7.79. The first-order chi connectivity index (χ1) is 10.9. The van der Waals surface area contributed by atoms with Gasteiger partial charge in [-0.15, -0.1) is 0 Å². The second kappa shape index (κ2) is 6.12. The quantitative estimate of drug-likeness (QED) is 0.554. The van der Waals surface area contributed by atoms with Crippen LogP contribution < -0.4 is 4.40 Å². The van der Waals surface area contributed by atoms with E-state index in [1.165, 1.54) is 26.3 Å². The summed E-state index contributed by atoms with van der Waals surface area (Å²) in [5, 5.41) is 2.66. The van der Waals surface area contributed by atoms with Crippen LogP contribution in [-0.2, 0) is 0 Å². The van der Waals surface area contributed by atoms with Crippen LogP contribution in [0.5, 0.6) is 0 Å². The van der Waals surface area contributed by atoms with Gasteiger partial charge >= 0.3 is 142 Å². The third-order valence-electron chi connectivity index (χ3n) is 4.44. The molecule has 0 radical (unpaired) electrons. The van der Waals surface area contributed by atoms with Crippen molar-refractivity contribution in [3.8, 4) is 11.3 Å².